The molecule has 0 fully saturated rings. The first-order valence-electron chi connectivity index (χ1n) is 9.49. The number of nitrogens with zero attached hydrogens (tertiary/aromatic N) is 3. The number of rotatable bonds is 4. The third-order valence-corrected chi connectivity index (χ3v) is 6.10. The van der Waals surface area contributed by atoms with E-state index in [1.807, 2.05) is 18.2 Å². The number of azo groups is 1. The molecule has 0 aliphatic carbocycles. The molecular formula is C23H20N4O3S. The number of benzene rings is 3. The van der Waals surface area contributed by atoms with Crippen LogP contribution in [0.5, 0.6) is 0 Å². The molecule has 1 aromatic heterocycles. The predicted molar refractivity (Wildman–Crippen MR) is 121 cm³/mol. The molecule has 4 aromatic rings. The monoisotopic (exact) mass is 432 g/mol. The van der Waals surface area contributed by atoms with Gasteiger partial charge in [0, 0.05) is 16.3 Å². The number of hydrogen-bond acceptors (Lipinski definition) is 6. The van der Waals surface area contributed by atoms with E-state index in [2.05, 4.69) is 35.1 Å². The van der Waals surface area contributed by atoms with Crippen LogP contribution in [0.3, 0.4) is 0 Å². The van der Waals surface area contributed by atoms with Gasteiger partial charge in [-0.25, -0.2) is 0 Å². The summed E-state index contributed by atoms with van der Waals surface area (Å²) < 4.78 is 33.3. The molecular weight excluding hydrogens is 412 g/mol. The Bertz CT molecular complexity index is 1430. The Kier molecular flexibility index (Phi) is 5.26. The number of pyridine rings is 1. The van der Waals surface area contributed by atoms with E-state index in [9.17, 15) is 13.0 Å². The summed E-state index contributed by atoms with van der Waals surface area (Å²) in [4.78, 5) is 4.20. The molecule has 0 unspecified atom stereocenters. The van der Waals surface area contributed by atoms with E-state index in [-0.39, 0.29) is 16.3 Å². The highest BCUT2D eigenvalue weighted by molar-refractivity contribution is 7.86. The molecule has 1 heterocycles. The Morgan fingerprint density at radius 1 is 0.935 bits per heavy atom. The van der Waals surface area contributed by atoms with Crippen LogP contribution in [0, 0.1) is 13.8 Å². The van der Waals surface area contributed by atoms with Crippen LogP contribution in [-0.2, 0) is 10.1 Å². The molecule has 4 rings (SSSR count). The predicted octanol–water partition coefficient (Wildman–Crippen LogP) is 5.76. The van der Waals surface area contributed by atoms with Crippen LogP contribution in [0.25, 0.3) is 22.0 Å². The Balaban J connectivity index is 1.72. The Morgan fingerprint density at radius 2 is 1.68 bits per heavy atom. The van der Waals surface area contributed by atoms with Crippen LogP contribution >= 0.6 is 0 Å². The van der Waals surface area contributed by atoms with Crippen molar-refractivity contribution in [2.45, 2.75) is 18.7 Å². The third kappa shape index (κ3) is 4.03. The molecule has 0 spiro atoms. The van der Waals surface area contributed by atoms with E-state index in [0.717, 1.165) is 16.8 Å². The summed E-state index contributed by atoms with van der Waals surface area (Å²) in [5.74, 6) is 0. The van der Waals surface area contributed by atoms with Crippen LogP contribution in [0.1, 0.15) is 11.1 Å². The van der Waals surface area contributed by atoms with Gasteiger partial charge in [-0.3, -0.25) is 9.54 Å². The Labute approximate surface area is 180 Å². The number of nitrogen functional groups attached to an aromatic ring is 1. The zero-order valence-corrected chi connectivity index (χ0v) is 17.8. The maximum atomic E-state index is 11.8. The topological polar surface area (TPSA) is 118 Å². The highest BCUT2D eigenvalue weighted by Gasteiger charge is 2.18. The molecule has 0 radical (unpaired) electrons. The summed E-state index contributed by atoms with van der Waals surface area (Å²) in [7, 11) is -4.47. The summed E-state index contributed by atoms with van der Waals surface area (Å²) in [5, 5.41) is 9.05. The molecule has 31 heavy (non-hydrogen) atoms. The van der Waals surface area contributed by atoms with Crippen molar-refractivity contribution in [3.05, 3.63) is 78.0 Å². The van der Waals surface area contributed by atoms with Crippen LogP contribution in [-0.4, -0.2) is 18.0 Å². The highest BCUT2D eigenvalue weighted by atomic mass is 32.2. The van der Waals surface area contributed by atoms with E-state index in [0.29, 0.717) is 16.5 Å². The molecule has 0 amide bonds. The largest absolute Gasteiger partial charge is 0.396 e. The van der Waals surface area contributed by atoms with E-state index >= 15 is 0 Å². The fourth-order valence-corrected chi connectivity index (χ4v) is 4.11. The van der Waals surface area contributed by atoms with Crippen molar-refractivity contribution in [2.75, 3.05) is 5.73 Å². The summed E-state index contributed by atoms with van der Waals surface area (Å²) in [6, 6.07) is 17.5. The maximum absolute atomic E-state index is 11.8. The molecule has 3 aromatic carbocycles. The zero-order valence-electron chi connectivity index (χ0n) is 16.9. The van der Waals surface area contributed by atoms with Crippen LogP contribution in [0.4, 0.5) is 17.1 Å². The summed E-state index contributed by atoms with van der Waals surface area (Å²) in [5.41, 5.74) is 11.3. The minimum Gasteiger partial charge on any atom is -0.396 e. The molecule has 0 bridgehead atoms. The minimum atomic E-state index is -4.47. The van der Waals surface area contributed by atoms with Gasteiger partial charge in [0.2, 0.25) is 0 Å². The lowest BCUT2D eigenvalue weighted by atomic mass is 10.0. The van der Waals surface area contributed by atoms with Crippen molar-refractivity contribution in [3.63, 3.8) is 0 Å². The molecule has 156 valence electrons. The van der Waals surface area contributed by atoms with Crippen molar-refractivity contribution in [1.29, 1.82) is 0 Å². The number of anilines is 1. The Hall–Kier alpha value is -3.62. The number of fused-ring (bicyclic) bond motifs is 1. The van der Waals surface area contributed by atoms with Crippen molar-refractivity contribution < 1.29 is 13.0 Å². The van der Waals surface area contributed by atoms with Gasteiger partial charge < -0.3 is 5.73 Å². The van der Waals surface area contributed by atoms with Gasteiger partial charge in [-0.1, -0.05) is 42.5 Å². The number of aryl methyl sites for hydroxylation is 1. The highest BCUT2D eigenvalue weighted by Crippen LogP contribution is 2.36. The van der Waals surface area contributed by atoms with Crippen molar-refractivity contribution in [3.8, 4) is 11.3 Å². The summed E-state index contributed by atoms with van der Waals surface area (Å²) in [6.07, 6.45) is 1.58. The lowest BCUT2D eigenvalue weighted by Crippen LogP contribution is -2.01. The van der Waals surface area contributed by atoms with Gasteiger partial charge in [0.1, 0.15) is 16.3 Å². The van der Waals surface area contributed by atoms with Gasteiger partial charge in [-0.2, -0.15) is 8.42 Å². The first-order valence-corrected chi connectivity index (χ1v) is 10.9. The maximum Gasteiger partial charge on any atom is 0.295 e. The zero-order chi connectivity index (χ0) is 22.2. The second-order valence-electron chi connectivity index (χ2n) is 7.18. The molecule has 0 aliphatic rings. The molecule has 0 saturated heterocycles. The van der Waals surface area contributed by atoms with Gasteiger partial charge in [0.05, 0.1) is 17.6 Å². The smallest absolute Gasteiger partial charge is 0.295 e. The van der Waals surface area contributed by atoms with Crippen molar-refractivity contribution in [2.24, 2.45) is 10.2 Å². The van der Waals surface area contributed by atoms with Crippen molar-refractivity contribution >= 4 is 38.0 Å². The fraction of sp³-hybridized carbons (Fsp3) is 0.0870. The van der Waals surface area contributed by atoms with E-state index in [1.165, 1.54) is 11.6 Å². The summed E-state index contributed by atoms with van der Waals surface area (Å²) >= 11 is 0. The van der Waals surface area contributed by atoms with E-state index < -0.39 is 10.1 Å². The Morgan fingerprint density at radius 3 is 2.35 bits per heavy atom. The quantitative estimate of drug-likeness (QED) is 0.241. The number of hydrogen-bond donors (Lipinski definition) is 2. The minimum absolute atomic E-state index is 0.143. The van der Waals surface area contributed by atoms with Crippen LogP contribution < -0.4 is 5.73 Å². The normalized spacial score (nSPS) is 12.0. The molecule has 0 atom stereocenters. The first kappa shape index (κ1) is 20.6. The van der Waals surface area contributed by atoms with Gasteiger partial charge in [-0.15, -0.1) is 10.2 Å². The lowest BCUT2D eigenvalue weighted by Gasteiger charge is -2.09. The van der Waals surface area contributed by atoms with E-state index in [1.54, 1.807) is 36.5 Å². The van der Waals surface area contributed by atoms with Crippen molar-refractivity contribution in [1.82, 2.24) is 4.98 Å². The molecule has 0 aliphatic heterocycles. The van der Waals surface area contributed by atoms with Gasteiger partial charge in [0.25, 0.3) is 10.1 Å². The van der Waals surface area contributed by atoms with Gasteiger partial charge in [0.15, 0.2) is 0 Å². The molecule has 7 nitrogen and oxygen atoms in total. The second kappa shape index (κ2) is 7.90. The fourth-order valence-electron chi connectivity index (χ4n) is 3.39. The lowest BCUT2D eigenvalue weighted by molar-refractivity contribution is 0.484. The second-order valence-corrected chi connectivity index (χ2v) is 8.57. The van der Waals surface area contributed by atoms with Crippen LogP contribution in [0.15, 0.2) is 82.0 Å². The first-order chi connectivity index (χ1) is 14.8. The molecule has 3 N–H and O–H groups in total. The number of nitrogens with two attached hydrogens (primary N) is 1. The average molecular weight is 433 g/mol. The van der Waals surface area contributed by atoms with E-state index in [4.69, 9.17) is 5.73 Å². The van der Waals surface area contributed by atoms with Gasteiger partial charge in [-0.05, 0) is 43.2 Å². The summed E-state index contributed by atoms with van der Waals surface area (Å²) in [6.45, 7) is 4.10. The molecule has 8 heteroatoms. The van der Waals surface area contributed by atoms with Crippen LogP contribution in [0.2, 0.25) is 0 Å². The third-order valence-electron chi connectivity index (χ3n) is 5.21. The standard InChI is InChI=1S/C23H20N4O3S/c1-14-6-5-9-17(15(14)2)20-11-10-16(13-25-20)26-27-21-12-22(31(28,29)30)18-7-3-4-8-19(18)23(21)24/h3-13H,24H2,1-2H3,(H,28,29,30)/b27-26+. The SMILES string of the molecule is Cc1cccc(-c2ccc(/N=N/c3cc(S(=O)(=O)O)c4ccccc4c3N)cn2)c1C. The van der Waals surface area contributed by atoms with Gasteiger partial charge >= 0.3 is 0 Å². The number of aromatic nitrogens is 1. The average Bonchev–Trinajstić information content (AvgIpc) is 2.75. The molecule has 0 saturated carbocycles.